The smallest absolute Gasteiger partial charge is 0.273 e. The van der Waals surface area contributed by atoms with Gasteiger partial charge in [-0.25, -0.2) is 8.78 Å². The van der Waals surface area contributed by atoms with E-state index in [9.17, 15) is 8.78 Å². The van der Waals surface area contributed by atoms with Crippen LogP contribution in [0.2, 0.25) is 0 Å². The van der Waals surface area contributed by atoms with Gasteiger partial charge in [0.1, 0.15) is 0 Å². The Balaban J connectivity index is 2.90. The summed E-state index contributed by atoms with van der Waals surface area (Å²) in [5.74, 6) is -2.70. The van der Waals surface area contributed by atoms with Gasteiger partial charge in [0.15, 0.2) is 0 Å². The van der Waals surface area contributed by atoms with Crippen molar-refractivity contribution in [3.63, 3.8) is 0 Å². The lowest BCUT2D eigenvalue weighted by Gasteiger charge is -2.16. The van der Waals surface area contributed by atoms with Crippen molar-refractivity contribution >= 4 is 0 Å². The number of aliphatic hydroxyl groups is 1. The number of hydrogen-bond donors (Lipinski definition) is 1. The fourth-order valence-electron chi connectivity index (χ4n) is 1.67. The molecule has 1 nitrogen and oxygen atoms in total. The van der Waals surface area contributed by atoms with Gasteiger partial charge in [-0.1, -0.05) is 38.1 Å². The van der Waals surface area contributed by atoms with Crippen LogP contribution in [0.4, 0.5) is 8.78 Å². The van der Waals surface area contributed by atoms with Gasteiger partial charge in [0, 0.05) is 24.5 Å². The molecule has 0 aromatic heterocycles. The zero-order chi connectivity index (χ0) is 12.2. The number of hydrogen-bond acceptors (Lipinski definition) is 1. The van der Waals surface area contributed by atoms with Crippen molar-refractivity contribution < 1.29 is 13.9 Å². The zero-order valence-electron chi connectivity index (χ0n) is 9.71. The first-order chi connectivity index (χ1) is 7.55. The molecule has 16 heavy (non-hydrogen) atoms. The van der Waals surface area contributed by atoms with Crippen LogP contribution in [0.5, 0.6) is 0 Å². The standard InChI is InChI=1S/C13H18F2O/c1-3-10(9-16)11-5-7-12(8-6-11)13(14,15)4-2/h5-8,10,16H,3-4,9H2,1-2H3. The Morgan fingerprint density at radius 1 is 1.19 bits per heavy atom. The number of alkyl halides is 2. The summed E-state index contributed by atoms with van der Waals surface area (Å²) >= 11 is 0. The number of benzene rings is 1. The Labute approximate surface area is 95.1 Å². The number of rotatable bonds is 5. The molecule has 0 aliphatic heterocycles. The normalized spacial score (nSPS) is 13.8. The van der Waals surface area contributed by atoms with Crippen molar-refractivity contribution in [1.82, 2.24) is 0 Å². The molecule has 0 aliphatic rings. The Kier molecular flexibility index (Phi) is 4.42. The van der Waals surface area contributed by atoms with Gasteiger partial charge in [-0.15, -0.1) is 0 Å². The van der Waals surface area contributed by atoms with E-state index < -0.39 is 5.92 Å². The maximum absolute atomic E-state index is 13.3. The van der Waals surface area contributed by atoms with Crippen molar-refractivity contribution in [3.05, 3.63) is 35.4 Å². The summed E-state index contributed by atoms with van der Waals surface area (Å²) in [7, 11) is 0. The van der Waals surface area contributed by atoms with Crippen LogP contribution in [-0.4, -0.2) is 11.7 Å². The van der Waals surface area contributed by atoms with Crippen LogP contribution in [-0.2, 0) is 5.92 Å². The predicted molar refractivity (Wildman–Crippen MR) is 60.7 cm³/mol. The van der Waals surface area contributed by atoms with Crippen LogP contribution in [0.3, 0.4) is 0 Å². The van der Waals surface area contributed by atoms with E-state index in [-0.39, 0.29) is 24.5 Å². The molecule has 1 N–H and O–H groups in total. The molecule has 1 aromatic carbocycles. The molecular weight excluding hydrogens is 210 g/mol. The van der Waals surface area contributed by atoms with E-state index in [1.807, 2.05) is 6.92 Å². The molecule has 0 fully saturated rings. The monoisotopic (exact) mass is 228 g/mol. The average Bonchev–Trinajstić information content (AvgIpc) is 2.31. The molecule has 0 aliphatic carbocycles. The van der Waals surface area contributed by atoms with E-state index >= 15 is 0 Å². The summed E-state index contributed by atoms with van der Waals surface area (Å²) in [4.78, 5) is 0. The topological polar surface area (TPSA) is 20.2 Å². The first kappa shape index (κ1) is 13.1. The van der Waals surface area contributed by atoms with Gasteiger partial charge in [-0.2, -0.15) is 0 Å². The van der Waals surface area contributed by atoms with Gasteiger partial charge in [-0.05, 0) is 12.0 Å². The lowest BCUT2D eigenvalue weighted by Crippen LogP contribution is -2.11. The highest BCUT2D eigenvalue weighted by atomic mass is 19.3. The molecule has 0 saturated carbocycles. The second-order valence-electron chi connectivity index (χ2n) is 3.97. The minimum atomic E-state index is -2.75. The van der Waals surface area contributed by atoms with Crippen LogP contribution in [0.25, 0.3) is 0 Å². The van der Waals surface area contributed by atoms with Crippen molar-refractivity contribution in [1.29, 1.82) is 0 Å². The molecule has 0 amide bonds. The van der Waals surface area contributed by atoms with Crippen LogP contribution >= 0.6 is 0 Å². The fraction of sp³-hybridized carbons (Fsp3) is 0.538. The molecule has 0 saturated heterocycles. The third-order valence-electron chi connectivity index (χ3n) is 2.96. The number of aliphatic hydroxyl groups excluding tert-OH is 1. The Morgan fingerprint density at radius 3 is 2.12 bits per heavy atom. The van der Waals surface area contributed by atoms with Gasteiger partial charge in [-0.3, -0.25) is 0 Å². The van der Waals surface area contributed by atoms with Gasteiger partial charge in [0.05, 0.1) is 0 Å². The van der Waals surface area contributed by atoms with E-state index in [1.165, 1.54) is 19.1 Å². The van der Waals surface area contributed by atoms with Crippen molar-refractivity contribution in [3.8, 4) is 0 Å². The Morgan fingerprint density at radius 2 is 1.75 bits per heavy atom. The highest BCUT2D eigenvalue weighted by Gasteiger charge is 2.28. The first-order valence-electron chi connectivity index (χ1n) is 5.64. The molecule has 0 spiro atoms. The SMILES string of the molecule is CCC(CO)c1ccc(C(F)(F)CC)cc1. The summed E-state index contributed by atoms with van der Waals surface area (Å²) in [6.07, 6.45) is 0.615. The largest absolute Gasteiger partial charge is 0.396 e. The van der Waals surface area contributed by atoms with Crippen LogP contribution in [0, 0.1) is 0 Å². The van der Waals surface area contributed by atoms with E-state index in [1.54, 1.807) is 12.1 Å². The van der Waals surface area contributed by atoms with Gasteiger partial charge in [0.25, 0.3) is 5.92 Å². The highest BCUT2D eigenvalue weighted by molar-refractivity contribution is 5.28. The zero-order valence-corrected chi connectivity index (χ0v) is 9.71. The summed E-state index contributed by atoms with van der Waals surface area (Å²) in [6.45, 7) is 3.49. The maximum atomic E-state index is 13.3. The van der Waals surface area contributed by atoms with Crippen molar-refractivity contribution in [2.75, 3.05) is 6.61 Å². The van der Waals surface area contributed by atoms with Crippen molar-refractivity contribution in [2.45, 2.75) is 38.5 Å². The van der Waals surface area contributed by atoms with Gasteiger partial charge >= 0.3 is 0 Å². The fourth-order valence-corrected chi connectivity index (χ4v) is 1.67. The van der Waals surface area contributed by atoms with E-state index in [4.69, 9.17) is 5.11 Å². The van der Waals surface area contributed by atoms with Gasteiger partial charge in [0.2, 0.25) is 0 Å². The minimum Gasteiger partial charge on any atom is -0.396 e. The van der Waals surface area contributed by atoms with E-state index in [0.29, 0.717) is 0 Å². The lowest BCUT2D eigenvalue weighted by atomic mass is 9.95. The van der Waals surface area contributed by atoms with Gasteiger partial charge < -0.3 is 5.11 Å². The van der Waals surface area contributed by atoms with Crippen LogP contribution in [0.1, 0.15) is 43.7 Å². The molecule has 90 valence electrons. The van der Waals surface area contributed by atoms with E-state index in [0.717, 1.165) is 12.0 Å². The summed E-state index contributed by atoms with van der Waals surface area (Å²) < 4.78 is 26.7. The maximum Gasteiger partial charge on any atom is 0.273 e. The molecule has 0 bridgehead atoms. The average molecular weight is 228 g/mol. The molecule has 1 aromatic rings. The molecular formula is C13H18F2O. The molecule has 3 heteroatoms. The lowest BCUT2D eigenvalue weighted by molar-refractivity contribution is -0.00830. The second-order valence-corrected chi connectivity index (χ2v) is 3.97. The summed E-state index contributed by atoms with van der Waals surface area (Å²) in [5.41, 5.74) is 0.965. The second kappa shape index (κ2) is 5.39. The summed E-state index contributed by atoms with van der Waals surface area (Å²) in [5, 5.41) is 9.11. The minimum absolute atomic E-state index is 0.0456. The quantitative estimate of drug-likeness (QED) is 0.815. The molecule has 0 radical (unpaired) electrons. The van der Waals surface area contributed by atoms with Crippen LogP contribution < -0.4 is 0 Å². The molecule has 1 rings (SSSR count). The third-order valence-corrected chi connectivity index (χ3v) is 2.96. The molecule has 1 atom stereocenters. The third kappa shape index (κ3) is 2.79. The predicted octanol–water partition coefficient (Wildman–Crippen LogP) is 3.67. The molecule has 0 heterocycles. The Bertz CT molecular complexity index is 315. The number of halogens is 2. The highest BCUT2D eigenvalue weighted by Crippen LogP contribution is 2.32. The van der Waals surface area contributed by atoms with Crippen molar-refractivity contribution in [2.24, 2.45) is 0 Å². The van der Waals surface area contributed by atoms with E-state index in [2.05, 4.69) is 0 Å². The Hall–Kier alpha value is -0.960. The van der Waals surface area contributed by atoms with Crippen LogP contribution in [0.15, 0.2) is 24.3 Å². The summed E-state index contributed by atoms with van der Waals surface area (Å²) in [6, 6.07) is 6.28. The first-order valence-corrected chi connectivity index (χ1v) is 5.64. The molecule has 1 unspecified atom stereocenters.